The number of halogens is 1. The van der Waals surface area contributed by atoms with E-state index in [1.165, 1.54) is 0 Å². The first-order valence-corrected chi connectivity index (χ1v) is 8.88. The Labute approximate surface area is 163 Å². The average Bonchev–Trinajstić information content (AvgIpc) is 2.72. The lowest BCUT2D eigenvalue weighted by atomic mass is 10.2. The van der Waals surface area contributed by atoms with Gasteiger partial charge in [-0.1, -0.05) is 48.0 Å². The summed E-state index contributed by atoms with van der Waals surface area (Å²) in [5.74, 6) is 0.503. The van der Waals surface area contributed by atoms with E-state index in [0.29, 0.717) is 23.8 Å². The van der Waals surface area contributed by atoms with Gasteiger partial charge in [0.25, 0.3) is 5.91 Å². The van der Waals surface area contributed by atoms with Gasteiger partial charge in [0.1, 0.15) is 11.4 Å². The first-order chi connectivity index (χ1) is 13.2. The van der Waals surface area contributed by atoms with E-state index in [1.54, 1.807) is 19.4 Å². The molecule has 0 spiro atoms. The van der Waals surface area contributed by atoms with Gasteiger partial charge in [0.15, 0.2) is 0 Å². The number of para-hydroxylation sites is 1. The number of ether oxygens (including phenoxy) is 1. The molecule has 0 atom stereocenters. The van der Waals surface area contributed by atoms with Crippen molar-refractivity contribution in [3.8, 4) is 5.75 Å². The van der Waals surface area contributed by atoms with Crippen LogP contribution >= 0.6 is 11.6 Å². The van der Waals surface area contributed by atoms with Crippen molar-refractivity contribution in [2.45, 2.75) is 13.1 Å². The summed E-state index contributed by atoms with van der Waals surface area (Å²) in [4.78, 5) is 16.5. The average molecular weight is 382 g/mol. The van der Waals surface area contributed by atoms with Crippen LogP contribution in [0.25, 0.3) is 0 Å². The van der Waals surface area contributed by atoms with Crippen LogP contribution in [0.15, 0.2) is 66.9 Å². The summed E-state index contributed by atoms with van der Waals surface area (Å²) in [6, 6.07) is 18.7. The Balaban J connectivity index is 1.56. The molecule has 1 amide bonds. The van der Waals surface area contributed by atoms with Gasteiger partial charge in [0.2, 0.25) is 0 Å². The Morgan fingerprint density at radius 1 is 1.00 bits per heavy atom. The first kappa shape index (κ1) is 18.7. The van der Waals surface area contributed by atoms with Crippen LogP contribution in [0.4, 0.5) is 5.69 Å². The van der Waals surface area contributed by atoms with Crippen LogP contribution < -0.4 is 15.4 Å². The maximum absolute atomic E-state index is 12.3. The molecule has 1 heterocycles. The maximum Gasteiger partial charge on any atom is 0.270 e. The van der Waals surface area contributed by atoms with E-state index in [1.807, 2.05) is 54.6 Å². The molecule has 0 saturated carbocycles. The van der Waals surface area contributed by atoms with Crippen LogP contribution in [0.5, 0.6) is 5.75 Å². The van der Waals surface area contributed by atoms with Crippen molar-refractivity contribution in [2.75, 3.05) is 12.4 Å². The number of anilines is 1. The highest BCUT2D eigenvalue weighted by Crippen LogP contribution is 2.18. The fraction of sp³-hybridized carbons (Fsp3) is 0.143. The zero-order valence-electron chi connectivity index (χ0n) is 14.9. The third kappa shape index (κ3) is 4.99. The number of carbonyl (C=O) groups excluding carboxylic acids is 1. The highest BCUT2D eigenvalue weighted by molar-refractivity contribution is 6.31. The van der Waals surface area contributed by atoms with Gasteiger partial charge in [-0.05, 0) is 29.8 Å². The number of hydrogen-bond acceptors (Lipinski definition) is 4. The third-order valence-corrected chi connectivity index (χ3v) is 4.44. The molecule has 0 bridgehead atoms. The highest BCUT2D eigenvalue weighted by atomic mass is 35.5. The van der Waals surface area contributed by atoms with Crippen molar-refractivity contribution in [1.29, 1.82) is 0 Å². The second kappa shape index (κ2) is 9.05. The summed E-state index contributed by atoms with van der Waals surface area (Å²) in [5, 5.41) is 6.81. The Morgan fingerprint density at radius 3 is 2.44 bits per heavy atom. The zero-order chi connectivity index (χ0) is 19.1. The molecule has 0 saturated heterocycles. The molecule has 0 aliphatic carbocycles. The molecule has 0 aliphatic heterocycles. The van der Waals surface area contributed by atoms with E-state index in [2.05, 4.69) is 15.6 Å². The minimum Gasteiger partial charge on any atom is -0.496 e. The summed E-state index contributed by atoms with van der Waals surface area (Å²) in [5.41, 5.74) is 3.08. The summed E-state index contributed by atoms with van der Waals surface area (Å²) in [6.07, 6.45) is 1.63. The number of hydrogen-bond donors (Lipinski definition) is 2. The maximum atomic E-state index is 12.3. The predicted octanol–water partition coefficient (Wildman–Crippen LogP) is 4.29. The van der Waals surface area contributed by atoms with Gasteiger partial charge < -0.3 is 15.4 Å². The van der Waals surface area contributed by atoms with Gasteiger partial charge >= 0.3 is 0 Å². The van der Waals surface area contributed by atoms with Gasteiger partial charge in [-0.15, -0.1) is 0 Å². The van der Waals surface area contributed by atoms with Crippen molar-refractivity contribution in [3.63, 3.8) is 0 Å². The summed E-state index contributed by atoms with van der Waals surface area (Å²) >= 11 is 6.15. The van der Waals surface area contributed by atoms with Crippen LogP contribution in [-0.4, -0.2) is 18.0 Å². The number of benzene rings is 2. The quantitative estimate of drug-likeness (QED) is 0.641. The normalized spacial score (nSPS) is 10.3. The lowest BCUT2D eigenvalue weighted by Gasteiger charge is -2.10. The van der Waals surface area contributed by atoms with E-state index in [9.17, 15) is 4.79 Å². The van der Waals surface area contributed by atoms with Crippen LogP contribution in [0, 0.1) is 0 Å². The number of nitrogens with one attached hydrogen (secondary N) is 2. The Bertz CT molecular complexity index is 913. The third-order valence-electron chi connectivity index (χ3n) is 4.07. The van der Waals surface area contributed by atoms with Gasteiger partial charge in [-0.2, -0.15) is 0 Å². The van der Waals surface area contributed by atoms with Gasteiger partial charge in [-0.3, -0.25) is 4.79 Å². The minimum atomic E-state index is -0.237. The topological polar surface area (TPSA) is 63.2 Å². The van der Waals surface area contributed by atoms with Crippen molar-refractivity contribution >= 4 is 23.2 Å². The van der Waals surface area contributed by atoms with E-state index < -0.39 is 0 Å². The molecule has 3 rings (SSSR count). The van der Waals surface area contributed by atoms with Gasteiger partial charge in [-0.25, -0.2) is 4.98 Å². The van der Waals surface area contributed by atoms with Gasteiger partial charge in [0.05, 0.1) is 19.0 Å². The minimum absolute atomic E-state index is 0.237. The Kier molecular flexibility index (Phi) is 6.28. The second-order valence-electron chi connectivity index (χ2n) is 5.87. The molecule has 0 aliphatic rings. The van der Waals surface area contributed by atoms with E-state index in [4.69, 9.17) is 16.3 Å². The molecule has 1 aromatic heterocycles. The molecular formula is C21H20ClN3O2. The summed E-state index contributed by atoms with van der Waals surface area (Å²) in [6.45, 7) is 0.956. The molecule has 0 fully saturated rings. The van der Waals surface area contributed by atoms with E-state index in [0.717, 1.165) is 22.6 Å². The summed E-state index contributed by atoms with van der Waals surface area (Å²) < 4.78 is 5.29. The fourth-order valence-corrected chi connectivity index (χ4v) is 2.79. The number of pyridine rings is 1. The number of carbonyl (C=O) groups is 1. The molecule has 138 valence electrons. The smallest absolute Gasteiger partial charge is 0.270 e. The molecule has 6 heteroatoms. The lowest BCUT2D eigenvalue weighted by Crippen LogP contribution is -2.24. The number of methoxy groups -OCH3 is 1. The number of amides is 1. The first-order valence-electron chi connectivity index (χ1n) is 8.51. The molecule has 5 nitrogen and oxygen atoms in total. The fourth-order valence-electron chi connectivity index (χ4n) is 2.59. The largest absolute Gasteiger partial charge is 0.496 e. The van der Waals surface area contributed by atoms with Gasteiger partial charge in [0, 0.05) is 23.7 Å². The van der Waals surface area contributed by atoms with Crippen LogP contribution in [0.3, 0.4) is 0 Å². The van der Waals surface area contributed by atoms with Crippen molar-refractivity contribution in [1.82, 2.24) is 10.3 Å². The molecule has 0 radical (unpaired) electrons. The molecule has 2 N–H and O–H groups in total. The Morgan fingerprint density at radius 2 is 1.74 bits per heavy atom. The molecule has 27 heavy (non-hydrogen) atoms. The summed E-state index contributed by atoms with van der Waals surface area (Å²) in [7, 11) is 1.61. The predicted molar refractivity (Wildman–Crippen MR) is 107 cm³/mol. The zero-order valence-corrected chi connectivity index (χ0v) is 15.7. The number of nitrogens with zero attached hydrogens (tertiary/aromatic N) is 1. The molecule has 3 aromatic rings. The van der Waals surface area contributed by atoms with Crippen LogP contribution in [0.1, 0.15) is 21.6 Å². The number of aromatic nitrogens is 1. The SMILES string of the molecule is COc1ccccc1CNC(=O)c1ccc(NCc2ccccc2Cl)cn1. The lowest BCUT2D eigenvalue weighted by molar-refractivity contribution is 0.0945. The Hall–Kier alpha value is -3.05. The van der Waals surface area contributed by atoms with Crippen LogP contribution in [-0.2, 0) is 13.1 Å². The van der Waals surface area contributed by atoms with Crippen molar-refractivity contribution in [3.05, 3.63) is 88.7 Å². The number of rotatable bonds is 7. The standard InChI is InChI=1S/C21H20ClN3O2/c1-27-20-9-5-3-7-16(20)13-25-21(26)19-11-10-17(14-24-19)23-12-15-6-2-4-8-18(15)22/h2-11,14,23H,12-13H2,1H3,(H,25,26). The second-order valence-corrected chi connectivity index (χ2v) is 6.28. The van der Waals surface area contributed by atoms with Crippen molar-refractivity contribution in [2.24, 2.45) is 0 Å². The van der Waals surface area contributed by atoms with Crippen LogP contribution in [0.2, 0.25) is 5.02 Å². The van der Waals surface area contributed by atoms with E-state index >= 15 is 0 Å². The molecule has 2 aromatic carbocycles. The monoisotopic (exact) mass is 381 g/mol. The van der Waals surface area contributed by atoms with E-state index in [-0.39, 0.29) is 5.91 Å². The molecule has 0 unspecified atom stereocenters. The molecular weight excluding hydrogens is 362 g/mol. The van der Waals surface area contributed by atoms with Crippen molar-refractivity contribution < 1.29 is 9.53 Å². The highest BCUT2D eigenvalue weighted by Gasteiger charge is 2.09.